The molecule has 0 N–H and O–H groups in total. The fourth-order valence-corrected chi connectivity index (χ4v) is 1.68. The Hall–Kier alpha value is -1.43. The van der Waals surface area contributed by atoms with Crippen molar-refractivity contribution >= 4 is 27.6 Å². The van der Waals surface area contributed by atoms with Gasteiger partial charge in [0, 0.05) is 17.5 Å². The van der Waals surface area contributed by atoms with Crippen LogP contribution in [0.15, 0.2) is 22.7 Å². The van der Waals surface area contributed by atoms with Crippen LogP contribution in [0.1, 0.15) is 25.5 Å². The highest BCUT2D eigenvalue weighted by atomic mass is 79.9. The van der Waals surface area contributed by atoms with E-state index >= 15 is 0 Å². The Morgan fingerprint density at radius 3 is 2.69 bits per heavy atom. The maximum atomic E-state index is 10.8. The van der Waals surface area contributed by atoms with Crippen molar-refractivity contribution in [3.05, 3.63) is 38.3 Å². The van der Waals surface area contributed by atoms with Crippen LogP contribution in [-0.2, 0) is 9.53 Å². The molecule has 0 bridgehead atoms. The number of carbonyl (C=O) groups is 1. The number of halogens is 1. The van der Waals surface area contributed by atoms with Gasteiger partial charge < -0.3 is 4.74 Å². The average molecular weight is 288 g/mol. The Kier molecular flexibility index (Phi) is 4.00. The number of benzene rings is 1. The van der Waals surface area contributed by atoms with Crippen molar-refractivity contribution in [2.24, 2.45) is 0 Å². The van der Waals surface area contributed by atoms with Gasteiger partial charge >= 0.3 is 5.97 Å². The molecule has 0 amide bonds. The number of hydrogen-bond acceptors (Lipinski definition) is 4. The van der Waals surface area contributed by atoms with Crippen LogP contribution < -0.4 is 0 Å². The zero-order chi connectivity index (χ0) is 12.3. The molecule has 0 heterocycles. The summed E-state index contributed by atoms with van der Waals surface area (Å²) in [4.78, 5) is 21.1. The number of nitro groups is 1. The molecule has 86 valence electrons. The monoisotopic (exact) mass is 287 g/mol. The highest BCUT2D eigenvalue weighted by Gasteiger charge is 2.21. The van der Waals surface area contributed by atoms with Crippen LogP contribution in [0, 0.1) is 10.1 Å². The lowest BCUT2D eigenvalue weighted by Gasteiger charge is -2.12. The molecule has 16 heavy (non-hydrogen) atoms. The first-order valence-corrected chi connectivity index (χ1v) is 5.32. The number of nitro benzene ring substituents is 1. The van der Waals surface area contributed by atoms with E-state index in [2.05, 4.69) is 15.9 Å². The van der Waals surface area contributed by atoms with Crippen molar-refractivity contribution in [3.63, 3.8) is 0 Å². The number of hydrogen-bond donors (Lipinski definition) is 0. The Bertz CT molecular complexity index is 433. The Labute approximate surface area is 101 Å². The zero-order valence-corrected chi connectivity index (χ0v) is 10.4. The molecule has 1 rings (SSSR count). The predicted octanol–water partition coefficient (Wildman–Crippen LogP) is 2.98. The summed E-state index contributed by atoms with van der Waals surface area (Å²) in [6, 6.07) is 4.62. The van der Waals surface area contributed by atoms with Crippen LogP contribution in [0.4, 0.5) is 5.69 Å². The molecule has 1 aromatic carbocycles. The Morgan fingerprint density at radius 1 is 1.56 bits per heavy atom. The van der Waals surface area contributed by atoms with Crippen molar-refractivity contribution in [1.82, 2.24) is 0 Å². The molecular weight excluding hydrogens is 278 g/mol. The van der Waals surface area contributed by atoms with Gasteiger partial charge in [0.05, 0.1) is 10.5 Å². The average Bonchev–Trinajstić information content (AvgIpc) is 2.16. The number of esters is 1. The quantitative estimate of drug-likeness (QED) is 0.487. The largest absolute Gasteiger partial charge is 0.458 e. The summed E-state index contributed by atoms with van der Waals surface area (Å²) >= 11 is 3.15. The normalized spacial score (nSPS) is 11.9. The van der Waals surface area contributed by atoms with Gasteiger partial charge in [0.1, 0.15) is 6.10 Å². The number of carbonyl (C=O) groups excluding carboxylic acids is 1. The Balaban J connectivity index is 3.12. The molecule has 0 radical (unpaired) electrons. The maximum absolute atomic E-state index is 10.8. The SMILES string of the molecule is CC(=O)OC(C)c1ccc(Br)cc1[N+](=O)[O-]. The van der Waals surface area contributed by atoms with E-state index in [4.69, 9.17) is 4.74 Å². The summed E-state index contributed by atoms with van der Waals surface area (Å²) in [5.41, 5.74) is 0.312. The van der Waals surface area contributed by atoms with Crippen molar-refractivity contribution in [2.75, 3.05) is 0 Å². The minimum absolute atomic E-state index is 0.0666. The third-order valence-electron chi connectivity index (χ3n) is 1.97. The fraction of sp³-hybridized carbons (Fsp3) is 0.300. The second kappa shape index (κ2) is 5.07. The Morgan fingerprint density at radius 2 is 2.19 bits per heavy atom. The molecule has 0 saturated heterocycles. The van der Waals surface area contributed by atoms with E-state index in [-0.39, 0.29) is 5.69 Å². The third kappa shape index (κ3) is 3.03. The first kappa shape index (κ1) is 12.6. The molecule has 0 aliphatic rings. The summed E-state index contributed by atoms with van der Waals surface area (Å²) in [6.07, 6.45) is -0.633. The van der Waals surface area contributed by atoms with E-state index < -0.39 is 17.0 Å². The van der Waals surface area contributed by atoms with Crippen molar-refractivity contribution in [3.8, 4) is 0 Å². The predicted molar refractivity (Wildman–Crippen MR) is 61.0 cm³/mol. The lowest BCUT2D eigenvalue weighted by atomic mass is 10.1. The standard InChI is InChI=1S/C10H10BrNO4/c1-6(16-7(2)13)9-4-3-8(11)5-10(9)12(14)15/h3-6H,1-2H3. The number of ether oxygens (including phenoxy) is 1. The van der Waals surface area contributed by atoms with Crippen molar-refractivity contribution in [1.29, 1.82) is 0 Å². The molecule has 1 unspecified atom stereocenters. The fourth-order valence-electron chi connectivity index (χ4n) is 1.33. The maximum Gasteiger partial charge on any atom is 0.303 e. The molecule has 0 fully saturated rings. The van der Waals surface area contributed by atoms with Crippen LogP contribution in [-0.4, -0.2) is 10.9 Å². The molecule has 5 nitrogen and oxygen atoms in total. The van der Waals surface area contributed by atoms with Crippen molar-refractivity contribution in [2.45, 2.75) is 20.0 Å². The molecule has 0 aromatic heterocycles. The van der Waals surface area contributed by atoms with E-state index in [1.165, 1.54) is 13.0 Å². The van der Waals surface area contributed by atoms with E-state index in [1.807, 2.05) is 0 Å². The summed E-state index contributed by atoms with van der Waals surface area (Å²) in [5.74, 6) is -0.468. The molecule has 0 aliphatic carbocycles. The molecule has 6 heteroatoms. The topological polar surface area (TPSA) is 69.4 Å². The van der Waals surface area contributed by atoms with Gasteiger partial charge in [-0.25, -0.2) is 0 Å². The molecule has 0 saturated carbocycles. The van der Waals surface area contributed by atoms with Gasteiger partial charge in [-0.05, 0) is 19.1 Å². The second-order valence-electron chi connectivity index (χ2n) is 3.21. The number of rotatable bonds is 3. The summed E-state index contributed by atoms with van der Waals surface area (Å²) in [6.45, 7) is 2.86. The van der Waals surface area contributed by atoms with Crippen LogP contribution in [0.3, 0.4) is 0 Å². The lowest BCUT2D eigenvalue weighted by molar-refractivity contribution is -0.386. The molecular formula is C10H10BrNO4. The highest BCUT2D eigenvalue weighted by molar-refractivity contribution is 9.10. The van der Waals surface area contributed by atoms with Crippen LogP contribution in [0.2, 0.25) is 0 Å². The van der Waals surface area contributed by atoms with Gasteiger partial charge in [0.2, 0.25) is 0 Å². The van der Waals surface area contributed by atoms with Crippen molar-refractivity contribution < 1.29 is 14.5 Å². The van der Waals surface area contributed by atoms with E-state index in [1.54, 1.807) is 19.1 Å². The van der Waals surface area contributed by atoms with Crippen LogP contribution >= 0.6 is 15.9 Å². The smallest absolute Gasteiger partial charge is 0.303 e. The summed E-state index contributed by atoms with van der Waals surface area (Å²) in [5, 5.41) is 10.8. The van der Waals surface area contributed by atoms with Gasteiger partial charge in [0.25, 0.3) is 5.69 Å². The van der Waals surface area contributed by atoms with Gasteiger partial charge in [0.15, 0.2) is 0 Å². The van der Waals surface area contributed by atoms with Crippen LogP contribution in [0.5, 0.6) is 0 Å². The van der Waals surface area contributed by atoms with Gasteiger partial charge in [-0.3, -0.25) is 14.9 Å². The van der Waals surface area contributed by atoms with Gasteiger partial charge in [-0.1, -0.05) is 15.9 Å². The van der Waals surface area contributed by atoms with Gasteiger partial charge in [-0.15, -0.1) is 0 Å². The lowest BCUT2D eigenvalue weighted by Crippen LogP contribution is -2.07. The van der Waals surface area contributed by atoms with E-state index in [0.29, 0.717) is 10.0 Å². The first-order valence-electron chi connectivity index (χ1n) is 4.53. The second-order valence-corrected chi connectivity index (χ2v) is 4.13. The molecule has 1 atom stereocenters. The van der Waals surface area contributed by atoms with E-state index in [9.17, 15) is 14.9 Å². The van der Waals surface area contributed by atoms with Gasteiger partial charge in [-0.2, -0.15) is 0 Å². The summed E-state index contributed by atoms with van der Waals surface area (Å²) in [7, 11) is 0. The van der Waals surface area contributed by atoms with Crippen LogP contribution in [0.25, 0.3) is 0 Å². The van der Waals surface area contributed by atoms with E-state index in [0.717, 1.165) is 0 Å². The molecule has 0 spiro atoms. The minimum atomic E-state index is -0.633. The first-order chi connectivity index (χ1) is 7.41. The highest BCUT2D eigenvalue weighted by Crippen LogP contribution is 2.30. The zero-order valence-electron chi connectivity index (χ0n) is 8.77. The number of nitrogens with zero attached hydrogens (tertiary/aromatic N) is 1. The molecule has 0 aliphatic heterocycles. The molecule has 1 aromatic rings. The third-order valence-corrected chi connectivity index (χ3v) is 2.46. The summed E-state index contributed by atoms with van der Waals surface area (Å²) < 4.78 is 5.52. The minimum Gasteiger partial charge on any atom is -0.458 e.